The number of alkyl halides is 1. The Morgan fingerprint density at radius 2 is 2.11 bits per heavy atom. The van der Waals surface area contributed by atoms with Crippen molar-refractivity contribution in [3.05, 3.63) is 0 Å². The molecule has 0 heterocycles. The molecule has 0 aliphatic heterocycles. The lowest BCUT2D eigenvalue weighted by atomic mass is 10.3. The van der Waals surface area contributed by atoms with Gasteiger partial charge >= 0.3 is 0 Å². The van der Waals surface area contributed by atoms with Crippen LogP contribution in [-0.4, -0.2) is 30.5 Å². The number of aliphatic hydroxyl groups excluding tert-OH is 1. The minimum Gasteiger partial charge on any atom is -0.389 e. The van der Waals surface area contributed by atoms with Crippen LogP contribution in [0.15, 0.2) is 0 Å². The lowest BCUT2D eigenvalue weighted by Crippen LogP contribution is -2.32. The number of rotatable bonds is 4. The van der Waals surface area contributed by atoms with Gasteiger partial charge in [0.25, 0.3) is 0 Å². The molecule has 0 saturated heterocycles. The standard InChI is InChI=1S/C6H14FNO/c1-5(2)8-4-6(9)3-7/h5-6,8-9H,3-4H2,1-2H3. The number of nitrogens with one attached hydrogen (secondary N) is 1. The maximum Gasteiger partial charge on any atom is 0.117 e. The summed E-state index contributed by atoms with van der Waals surface area (Å²) in [6.07, 6.45) is -0.840. The van der Waals surface area contributed by atoms with Gasteiger partial charge in [0.15, 0.2) is 0 Å². The summed E-state index contributed by atoms with van der Waals surface area (Å²) < 4.78 is 11.5. The van der Waals surface area contributed by atoms with Gasteiger partial charge in [0.1, 0.15) is 6.67 Å². The maximum atomic E-state index is 11.5. The molecule has 0 bridgehead atoms. The van der Waals surface area contributed by atoms with Crippen LogP contribution in [0.3, 0.4) is 0 Å². The van der Waals surface area contributed by atoms with Gasteiger partial charge in [0.05, 0.1) is 6.10 Å². The molecule has 1 atom stereocenters. The Morgan fingerprint density at radius 1 is 1.56 bits per heavy atom. The lowest BCUT2D eigenvalue weighted by Gasteiger charge is -2.09. The molecular formula is C6H14FNO. The fraction of sp³-hybridized carbons (Fsp3) is 1.00. The highest BCUT2D eigenvalue weighted by Gasteiger charge is 2.01. The predicted molar refractivity (Wildman–Crippen MR) is 35.1 cm³/mol. The minimum absolute atomic E-state index is 0.311. The molecule has 2 nitrogen and oxygen atoms in total. The Hall–Kier alpha value is -0.150. The highest BCUT2D eigenvalue weighted by Crippen LogP contribution is 1.83. The quantitative estimate of drug-likeness (QED) is 0.581. The second-order valence-electron chi connectivity index (χ2n) is 2.37. The van der Waals surface area contributed by atoms with Crippen LogP contribution in [0.5, 0.6) is 0 Å². The zero-order valence-corrected chi connectivity index (χ0v) is 5.89. The summed E-state index contributed by atoms with van der Waals surface area (Å²) in [5, 5.41) is 11.6. The molecule has 2 N–H and O–H groups in total. The highest BCUT2D eigenvalue weighted by atomic mass is 19.1. The van der Waals surface area contributed by atoms with Gasteiger partial charge in [0, 0.05) is 12.6 Å². The van der Waals surface area contributed by atoms with Crippen molar-refractivity contribution in [2.45, 2.75) is 26.0 Å². The largest absolute Gasteiger partial charge is 0.389 e. The van der Waals surface area contributed by atoms with E-state index in [-0.39, 0.29) is 0 Å². The Kier molecular flexibility index (Phi) is 4.62. The summed E-state index contributed by atoms with van der Waals surface area (Å²) in [7, 11) is 0. The van der Waals surface area contributed by atoms with Gasteiger partial charge in [-0.3, -0.25) is 0 Å². The second kappa shape index (κ2) is 4.70. The summed E-state index contributed by atoms with van der Waals surface area (Å²) in [4.78, 5) is 0. The third-order valence-electron chi connectivity index (χ3n) is 0.940. The molecule has 3 heteroatoms. The van der Waals surface area contributed by atoms with Crippen molar-refractivity contribution in [1.29, 1.82) is 0 Å². The molecule has 0 rings (SSSR count). The van der Waals surface area contributed by atoms with Crippen molar-refractivity contribution in [2.75, 3.05) is 13.2 Å². The molecule has 0 radical (unpaired) electrons. The van der Waals surface area contributed by atoms with E-state index in [4.69, 9.17) is 5.11 Å². The van der Waals surface area contributed by atoms with Gasteiger partial charge in [-0.05, 0) is 0 Å². The summed E-state index contributed by atoms with van der Waals surface area (Å²) in [5.74, 6) is 0. The first-order valence-electron chi connectivity index (χ1n) is 3.14. The topological polar surface area (TPSA) is 32.3 Å². The van der Waals surface area contributed by atoms with Crippen LogP contribution in [0.1, 0.15) is 13.8 Å². The fourth-order valence-corrected chi connectivity index (χ4v) is 0.426. The molecule has 0 aliphatic rings. The van der Waals surface area contributed by atoms with E-state index < -0.39 is 12.8 Å². The van der Waals surface area contributed by atoms with Crippen LogP contribution in [0.2, 0.25) is 0 Å². The first-order chi connectivity index (χ1) is 4.16. The van der Waals surface area contributed by atoms with Crippen molar-refractivity contribution < 1.29 is 9.50 Å². The highest BCUT2D eigenvalue weighted by molar-refractivity contribution is 4.59. The average molecular weight is 135 g/mol. The second-order valence-corrected chi connectivity index (χ2v) is 2.37. The summed E-state index contributed by atoms with van der Waals surface area (Å²) >= 11 is 0. The van der Waals surface area contributed by atoms with E-state index >= 15 is 0 Å². The first-order valence-corrected chi connectivity index (χ1v) is 3.14. The SMILES string of the molecule is CC(C)NCC(O)CF. The van der Waals surface area contributed by atoms with Gasteiger partial charge in [-0.1, -0.05) is 13.8 Å². The van der Waals surface area contributed by atoms with E-state index in [0.717, 1.165) is 0 Å². The molecule has 0 fully saturated rings. The molecule has 1 unspecified atom stereocenters. The third kappa shape index (κ3) is 5.73. The van der Waals surface area contributed by atoms with E-state index in [1.54, 1.807) is 0 Å². The Morgan fingerprint density at radius 3 is 2.44 bits per heavy atom. The fourth-order valence-electron chi connectivity index (χ4n) is 0.426. The summed E-state index contributed by atoms with van der Waals surface area (Å²) in [5.41, 5.74) is 0. The normalized spacial score (nSPS) is 14.3. The zero-order valence-electron chi connectivity index (χ0n) is 5.89. The van der Waals surface area contributed by atoms with Crippen LogP contribution >= 0.6 is 0 Å². The zero-order chi connectivity index (χ0) is 7.28. The number of halogens is 1. The van der Waals surface area contributed by atoms with Crippen molar-refractivity contribution in [3.63, 3.8) is 0 Å². The molecule has 0 spiro atoms. The smallest absolute Gasteiger partial charge is 0.117 e. The summed E-state index contributed by atoms with van der Waals surface area (Å²) in [6, 6.07) is 0.311. The van der Waals surface area contributed by atoms with Gasteiger partial charge in [-0.2, -0.15) is 0 Å². The maximum absolute atomic E-state index is 11.5. The molecule has 0 aromatic heterocycles. The van der Waals surface area contributed by atoms with Crippen LogP contribution < -0.4 is 5.32 Å². The molecule has 0 saturated carbocycles. The first kappa shape index (κ1) is 8.85. The Bertz CT molecular complexity index is 68.1. The molecule has 0 aromatic carbocycles. The number of aliphatic hydroxyl groups is 1. The number of hydrogen-bond donors (Lipinski definition) is 2. The molecule has 56 valence electrons. The summed E-state index contributed by atoms with van der Waals surface area (Å²) in [6.45, 7) is 3.57. The van der Waals surface area contributed by atoms with Gasteiger partial charge in [-0.25, -0.2) is 4.39 Å². The van der Waals surface area contributed by atoms with Gasteiger partial charge in [0.2, 0.25) is 0 Å². The van der Waals surface area contributed by atoms with E-state index in [1.807, 2.05) is 13.8 Å². The van der Waals surface area contributed by atoms with E-state index in [2.05, 4.69) is 5.32 Å². The third-order valence-corrected chi connectivity index (χ3v) is 0.940. The van der Waals surface area contributed by atoms with Gasteiger partial charge in [-0.15, -0.1) is 0 Å². The van der Waals surface area contributed by atoms with Gasteiger partial charge < -0.3 is 10.4 Å². The average Bonchev–Trinajstić information content (AvgIpc) is 1.83. The van der Waals surface area contributed by atoms with Crippen LogP contribution in [-0.2, 0) is 0 Å². The minimum atomic E-state index is -0.840. The van der Waals surface area contributed by atoms with E-state index in [9.17, 15) is 4.39 Å². The van der Waals surface area contributed by atoms with Crippen molar-refractivity contribution in [3.8, 4) is 0 Å². The number of hydrogen-bond acceptors (Lipinski definition) is 2. The molecule has 9 heavy (non-hydrogen) atoms. The monoisotopic (exact) mass is 135 g/mol. The van der Waals surface area contributed by atoms with Crippen molar-refractivity contribution >= 4 is 0 Å². The molecule has 0 amide bonds. The van der Waals surface area contributed by atoms with E-state index in [1.165, 1.54) is 0 Å². The van der Waals surface area contributed by atoms with E-state index in [0.29, 0.717) is 12.6 Å². The van der Waals surface area contributed by atoms with Crippen LogP contribution in [0.4, 0.5) is 4.39 Å². The van der Waals surface area contributed by atoms with Crippen molar-refractivity contribution in [2.24, 2.45) is 0 Å². The Labute approximate surface area is 55.1 Å². The predicted octanol–water partition coefficient (Wildman–Crippen LogP) is 0.315. The lowest BCUT2D eigenvalue weighted by molar-refractivity contribution is 0.135. The molecule has 0 aromatic rings. The molecular weight excluding hydrogens is 121 g/mol. The van der Waals surface area contributed by atoms with Crippen LogP contribution in [0, 0.1) is 0 Å². The Balaban J connectivity index is 3.06. The van der Waals surface area contributed by atoms with Crippen molar-refractivity contribution in [1.82, 2.24) is 5.32 Å². The van der Waals surface area contributed by atoms with Crippen LogP contribution in [0.25, 0.3) is 0 Å². The molecule has 0 aliphatic carbocycles.